The molecule has 2 rings (SSSR count). The molecule has 0 radical (unpaired) electrons. The lowest BCUT2D eigenvalue weighted by molar-refractivity contribution is 0.0689. The number of methoxy groups -OCH3 is 1. The van der Waals surface area contributed by atoms with Crippen LogP contribution in [0.1, 0.15) is 10.5 Å². The Morgan fingerprint density at radius 1 is 1.22 bits per heavy atom. The van der Waals surface area contributed by atoms with E-state index in [1.807, 2.05) is 24.3 Å². The van der Waals surface area contributed by atoms with Crippen molar-refractivity contribution in [2.45, 2.75) is 9.92 Å². The standard InChI is InChI=1S/C12H10N2O3S/c1-17-8-2-4-9(5-3-8)18-11-7-13-10(6-14-11)12(15)16/h2-7H,1H3,(H,15,16). The molecule has 18 heavy (non-hydrogen) atoms. The van der Waals surface area contributed by atoms with Gasteiger partial charge < -0.3 is 9.84 Å². The number of rotatable bonds is 4. The van der Waals surface area contributed by atoms with Crippen molar-refractivity contribution < 1.29 is 14.6 Å². The molecule has 0 fully saturated rings. The second kappa shape index (κ2) is 5.50. The molecule has 0 saturated carbocycles. The normalized spacial score (nSPS) is 10.1. The molecule has 1 aromatic carbocycles. The molecule has 5 nitrogen and oxygen atoms in total. The van der Waals surface area contributed by atoms with Gasteiger partial charge in [0.2, 0.25) is 0 Å². The summed E-state index contributed by atoms with van der Waals surface area (Å²) >= 11 is 1.41. The molecule has 2 aromatic rings. The zero-order valence-electron chi connectivity index (χ0n) is 9.53. The number of benzene rings is 1. The van der Waals surface area contributed by atoms with Crippen molar-refractivity contribution in [3.05, 3.63) is 42.4 Å². The first-order chi connectivity index (χ1) is 8.69. The van der Waals surface area contributed by atoms with Gasteiger partial charge in [0, 0.05) is 4.90 Å². The highest BCUT2D eigenvalue weighted by Crippen LogP contribution is 2.26. The van der Waals surface area contributed by atoms with E-state index in [0.717, 1.165) is 10.6 Å². The maximum Gasteiger partial charge on any atom is 0.356 e. The van der Waals surface area contributed by atoms with Crippen LogP contribution in [0.2, 0.25) is 0 Å². The molecule has 0 spiro atoms. The molecule has 6 heteroatoms. The molecule has 92 valence electrons. The maximum absolute atomic E-state index is 10.6. The van der Waals surface area contributed by atoms with Crippen LogP contribution in [0.3, 0.4) is 0 Å². The molecule has 0 saturated heterocycles. The SMILES string of the molecule is COc1ccc(Sc2cnc(C(=O)O)cn2)cc1. The summed E-state index contributed by atoms with van der Waals surface area (Å²) < 4.78 is 5.06. The van der Waals surface area contributed by atoms with Crippen LogP contribution in [0, 0.1) is 0 Å². The Hall–Kier alpha value is -2.08. The molecule has 1 heterocycles. The van der Waals surface area contributed by atoms with E-state index in [0.29, 0.717) is 5.03 Å². The first-order valence-electron chi connectivity index (χ1n) is 5.06. The monoisotopic (exact) mass is 262 g/mol. The summed E-state index contributed by atoms with van der Waals surface area (Å²) in [6.07, 6.45) is 2.69. The highest BCUT2D eigenvalue weighted by atomic mass is 32.2. The molecular formula is C12H10N2O3S. The molecule has 1 N–H and O–H groups in total. The van der Waals surface area contributed by atoms with E-state index in [1.165, 1.54) is 24.2 Å². The van der Waals surface area contributed by atoms with Gasteiger partial charge in [0.15, 0.2) is 5.69 Å². The predicted molar refractivity (Wildman–Crippen MR) is 66.1 cm³/mol. The van der Waals surface area contributed by atoms with Crippen LogP contribution in [-0.4, -0.2) is 28.2 Å². The van der Waals surface area contributed by atoms with Gasteiger partial charge in [-0.1, -0.05) is 11.8 Å². The van der Waals surface area contributed by atoms with Crippen molar-refractivity contribution >= 4 is 17.7 Å². The van der Waals surface area contributed by atoms with Crippen LogP contribution in [0.5, 0.6) is 5.75 Å². The first kappa shape index (κ1) is 12.4. The third kappa shape index (κ3) is 2.98. The molecule has 0 aliphatic heterocycles. The summed E-state index contributed by atoms with van der Waals surface area (Å²) in [4.78, 5) is 19.4. The quantitative estimate of drug-likeness (QED) is 0.911. The van der Waals surface area contributed by atoms with Crippen molar-refractivity contribution in [1.82, 2.24) is 9.97 Å². The number of aromatic carboxylic acids is 1. The van der Waals surface area contributed by atoms with Crippen molar-refractivity contribution in [2.75, 3.05) is 7.11 Å². The van der Waals surface area contributed by atoms with Gasteiger partial charge in [-0.3, -0.25) is 0 Å². The van der Waals surface area contributed by atoms with E-state index in [2.05, 4.69) is 9.97 Å². The average Bonchev–Trinajstić information content (AvgIpc) is 2.40. The number of aromatic nitrogens is 2. The molecular weight excluding hydrogens is 252 g/mol. The molecule has 1 aromatic heterocycles. The second-order valence-electron chi connectivity index (χ2n) is 3.32. The van der Waals surface area contributed by atoms with Crippen LogP contribution < -0.4 is 4.74 Å². The van der Waals surface area contributed by atoms with Gasteiger partial charge in [-0.25, -0.2) is 14.8 Å². The minimum absolute atomic E-state index is 0.0610. The fourth-order valence-electron chi connectivity index (χ4n) is 1.24. The van der Waals surface area contributed by atoms with E-state index < -0.39 is 5.97 Å². The fraction of sp³-hybridized carbons (Fsp3) is 0.0833. The number of hydrogen-bond acceptors (Lipinski definition) is 5. The number of ether oxygens (including phenoxy) is 1. The van der Waals surface area contributed by atoms with Crippen LogP contribution in [-0.2, 0) is 0 Å². The second-order valence-corrected chi connectivity index (χ2v) is 4.42. The Kier molecular flexibility index (Phi) is 3.78. The Labute approximate surface area is 108 Å². The highest BCUT2D eigenvalue weighted by molar-refractivity contribution is 7.99. The van der Waals surface area contributed by atoms with Crippen LogP contribution in [0.25, 0.3) is 0 Å². The lowest BCUT2D eigenvalue weighted by Gasteiger charge is -2.02. The van der Waals surface area contributed by atoms with Crippen molar-refractivity contribution in [1.29, 1.82) is 0 Å². The number of nitrogens with zero attached hydrogens (tertiary/aromatic N) is 2. The Bertz CT molecular complexity index is 540. The third-order valence-corrected chi connectivity index (χ3v) is 3.06. The summed E-state index contributed by atoms with van der Waals surface area (Å²) in [7, 11) is 1.61. The van der Waals surface area contributed by atoms with Crippen molar-refractivity contribution in [3.8, 4) is 5.75 Å². The minimum Gasteiger partial charge on any atom is -0.497 e. The van der Waals surface area contributed by atoms with Gasteiger partial charge in [-0.2, -0.15) is 0 Å². The van der Waals surface area contributed by atoms with Crippen LogP contribution >= 0.6 is 11.8 Å². The molecule has 0 unspecified atom stereocenters. The summed E-state index contributed by atoms with van der Waals surface area (Å²) in [5, 5.41) is 9.34. The topological polar surface area (TPSA) is 72.3 Å². The summed E-state index contributed by atoms with van der Waals surface area (Å²) in [5.74, 6) is -0.296. The molecule has 0 amide bonds. The third-order valence-electron chi connectivity index (χ3n) is 2.13. The summed E-state index contributed by atoms with van der Waals surface area (Å²) in [5.41, 5.74) is -0.0610. The van der Waals surface area contributed by atoms with Crippen molar-refractivity contribution in [2.24, 2.45) is 0 Å². The number of hydrogen-bond donors (Lipinski definition) is 1. The zero-order chi connectivity index (χ0) is 13.0. The van der Waals surface area contributed by atoms with Gasteiger partial charge in [-0.15, -0.1) is 0 Å². The van der Waals surface area contributed by atoms with Gasteiger partial charge in [0.1, 0.15) is 10.8 Å². The van der Waals surface area contributed by atoms with Crippen LogP contribution in [0.15, 0.2) is 46.6 Å². The molecule has 0 bridgehead atoms. The number of carboxylic acids is 1. The van der Waals surface area contributed by atoms with E-state index in [4.69, 9.17) is 9.84 Å². The van der Waals surface area contributed by atoms with Crippen molar-refractivity contribution in [3.63, 3.8) is 0 Å². The predicted octanol–water partition coefficient (Wildman–Crippen LogP) is 2.33. The molecule has 0 aliphatic rings. The Morgan fingerprint density at radius 3 is 2.44 bits per heavy atom. The first-order valence-corrected chi connectivity index (χ1v) is 5.88. The van der Waals surface area contributed by atoms with E-state index in [9.17, 15) is 4.79 Å². The zero-order valence-corrected chi connectivity index (χ0v) is 10.3. The Morgan fingerprint density at radius 2 is 1.94 bits per heavy atom. The van der Waals surface area contributed by atoms with Crippen LogP contribution in [0.4, 0.5) is 0 Å². The van der Waals surface area contributed by atoms with Gasteiger partial charge in [-0.05, 0) is 24.3 Å². The highest BCUT2D eigenvalue weighted by Gasteiger charge is 2.05. The minimum atomic E-state index is -1.08. The van der Waals surface area contributed by atoms with Gasteiger partial charge in [0.25, 0.3) is 0 Å². The lowest BCUT2D eigenvalue weighted by Crippen LogP contribution is -2.00. The lowest BCUT2D eigenvalue weighted by atomic mass is 10.3. The summed E-state index contributed by atoms with van der Waals surface area (Å²) in [6, 6.07) is 7.50. The van der Waals surface area contributed by atoms with E-state index >= 15 is 0 Å². The number of carbonyl (C=O) groups is 1. The number of carboxylic acid groups (broad SMARTS) is 1. The smallest absolute Gasteiger partial charge is 0.356 e. The summed E-state index contributed by atoms with van der Waals surface area (Å²) in [6.45, 7) is 0. The molecule has 0 atom stereocenters. The Balaban J connectivity index is 2.10. The van der Waals surface area contributed by atoms with Gasteiger partial charge >= 0.3 is 5.97 Å². The van der Waals surface area contributed by atoms with Gasteiger partial charge in [0.05, 0.1) is 19.5 Å². The average molecular weight is 262 g/mol. The maximum atomic E-state index is 10.6. The molecule has 0 aliphatic carbocycles. The van der Waals surface area contributed by atoms with E-state index in [1.54, 1.807) is 7.11 Å². The van der Waals surface area contributed by atoms with E-state index in [-0.39, 0.29) is 5.69 Å². The fourth-order valence-corrected chi connectivity index (χ4v) is 1.97. The largest absolute Gasteiger partial charge is 0.497 e.